The second-order valence-electron chi connectivity index (χ2n) is 6.77. The summed E-state index contributed by atoms with van der Waals surface area (Å²) in [5, 5.41) is 3.90. The summed E-state index contributed by atoms with van der Waals surface area (Å²) in [7, 11) is 0. The summed E-state index contributed by atoms with van der Waals surface area (Å²) in [5.41, 5.74) is 3.55. The molecule has 0 bridgehead atoms. The van der Waals surface area contributed by atoms with Crippen LogP contribution in [0.5, 0.6) is 0 Å². The van der Waals surface area contributed by atoms with E-state index < -0.39 is 11.2 Å². The highest BCUT2D eigenvalue weighted by Gasteiger charge is 2.19. The molecule has 27 heavy (non-hydrogen) atoms. The fraction of sp³-hybridized carbons (Fsp3) is 0.316. The first-order valence-corrected chi connectivity index (χ1v) is 8.76. The van der Waals surface area contributed by atoms with Crippen molar-refractivity contribution in [2.75, 3.05) is 0 Å². The zero-order chi connectivity index (χ0) is 19.1. The van der Waals surface area contributed by atoms with Crippen molar-refractivity contribution in [3.63, 3.8) is 0 Å². The quantitative estimate of drug-likeness (QED) is 0.555. The van der Waals surface area contributed by atoms with Gasteiger partial charge in [0, 0.05) is 19.0 Å². The molecule has 138 valence electrons. The fourth-order valence-corrected chi connectivity index (χ4v) is 3.22. The summed E-state index contributed by atoms with van der Waals surface area (Å²) < 4.78 is 7.15. The van der Waals surface area contributed by atoms with Crippen molar-refractivity contribution in [3.05, 3.63) is 61.6 Å². The van der Waals surface area contributed by atoms with Crippen molar-refractivity contribution in [3.8, 4) is 11.5 Å². The van der Waals surface area contributed by atoms with Crippen LogP contribution < -0.4 is 11.2 Å². The molecule has 0 radical (unpaired) electrons. The molecular weight excluding hydrogens is 346 g/mol. The van der Waals surface area contributed by atoms with E-state index in [0.29, 0.717) is 24.3 Å². The molecule has 0 atom stereocenters. The van der Waals surface area contributed by atoms with Gasteiger partial charge in [-0.25, -0.2) is 9.78 Å². The lowest BCUT2D eigenvalue weighted by molar-refractivity contribution is 0.374. The van der Waals surface area contributed by atoms with Crippen LogP contribution in [0.3, 0.4) is 0 Å². The van der Waals surface area contributed by atoms with Crippen molar-refractivity contribution in [2.45, 2.75) is 40.2 Å². The van der Waals surface area contributed by atoms with Crippen LogP contribution in [-0.4, -0.2) is 24.7 Å². The Kier molecular flexibility index (Phi) is 4.10. The molecule has 2 aromatic rings. The van der Waals surface area contributed by atoms with Gasteiger partial charge in [0.15, 0.2) is 11.5 Å². The molecule has 0 aliphatic carbocycles. The van der Waals surface area contributed by atoms with Gasteiger partial charge in [-0.05, 0) is 50.5 Å². The Bertz CT molecular complexity index is 1230. The van der Waals surface area contributed by atoms with E-state index in [4.69, 9.17) is 4.52 Å². The minimum absolute atomic E-state index is 0.167. The number of hydrogen-bond acceptors (Lipinski definition) is 6. The van der Waals surface area contributed by atoms with E-state index >= 15 is 0 Å². The summed E-state index contributed by atoms with van der Waals surface area (Å²) in [6, 6.07) is 5.87. The predicted octanol–water partition coefficient (Wildman–Crippen LogP) is 2.13. The Morgan fingerprint density at radius 2 is 1.85 bits per heavy atom. The molecule has 0 fully saturated rings. The standard InChI is InChI=1S/C19H19N5O3/c1-10-7-14-15(8-11(10)2)24(6-4-5-13-9-12(3)23-27-13)17-16(20-14)18(25)22-19(26)21-17/h7-9H,4-6H2,1-3H3,(H,22,25,26). The number of rotatable bonds is 4. The molecule has 8 heteroatoms. The van der Waals surface area contributed by atoms with Gasteiger partial charge in [0.25, 0.3) is 5.56 Å². The molecule has 0 saturated carbocycles. The smallest absolute Gasteiger partial charge is 0.349 e. The summed E-state index contributed by atoms with van der Waals surface area (Å²) in [5.74, 6) is 1.10. The Balaban J connectivity index is 1.84. The molecular formula is C19H19N5O3. The number of aromatic nitrogens is 5. The Morgan fingerprint density at radius 3 is 2.59 bits per heavy atom. The summed E-state index contributed by atoms with van der Waals surface area (Å²) in [6.07, 6.45) is 1.43. The predicted molar refractivity (Wildman–Crippen MR) is 100 cm³/mol. The molecule has 0 saturated heterocycles. The zero-order valence-electron chi connectivity index (χ0n) is 15.4. The number of hydrogen-bond donors (Lipinski definition) is 1. The monoisotopic (exact) mass is 365 g/mol. The molecule has 3 heterocycles. The molecule has 0 spiro atoms. The van der Waals surface area contributed by atoms with Crippen molar-refractivity contribution < 1.29 is 4.52 Å². The van der Waals surface area contributed by atoms with Gasteiger partial charge in [0.1, 0.15) is 5.76 Å². The van der Waals surface area contributed by atoms with Gasteiger partial charge in [-0.3, -0.25) is 9.78 Å². The van der Waals surface area contributed by atoms with E-state index in [1.165, 1.54) is 0 Å². The second-order valence-corrected chi connectivity index (χ2v) is 6.77. The highest BCUT2D eigenvalue weighted by molar-refractivity contribution is 5.81. The first-order valence-electron chi connectivity index (χ1n) is 8.76. The van der Waals surface area contributed by atoms with Gasteiger partial charge < -0.3 is 9.09 Å². The highest BCUT2D eigenvalue weighted by Crippen LogP contribution is 2.24. The van der Waals surface area contributed by atoms with Gasteiger partial charge in [-0.2, -0.15) is 4.98 Å². The number of nitrogens with zero attached hydrogens (tertiary/aromatic N) is 4. The molecule has 0 unspecified atom stereocenters. The molecule has 2 aliphatic heterocycles. The van der Waals surface area contributed by atoms with Gasteiger partial charge in [0.2, 0.25) is 0 Å². The molecule has 1 aromatic heterocycles. The van der Waals surface area contributed by atoms with E-state index in [1.807, 2.05) is 43.5 Å². The minimum atomic E-state index is -0.669. The third kappa shape index (κ3) is 3.14. The fourth-order valence-electron chi connectivity index (χ4n) is 3.22. The van der Waals surface area contributed by atoms with E-state index in [2.05, 4.69) is 20.1 Å². The van der Waals surface area contributed by atoms with Crippen molar-refractivity contribution in [2.24, 2.45) is 0 Å². The van der Waals surface area contributed by atoms with Crippen LogP contribution in [-0.2, 0) is 13.0 Å². The first-order chi connectivity index (χ1) is 12.9. The normalized spacial score (nSPS) is 11.5. The summed E-state index contributed by atoms with van der Waals surface area (Å²) in [4.78, 5) is 34.7. The maximum Gasteiger partial charge on any atom is 0.349 e. The van der Waals surface area contributed by atoms with Crippen LogP contribution in [0, 0.1) is 20.8 Å². The van der Waals surface area contributed by atoms with Crippen LogP contribution in [0.25, 0.3) is 22.6 Å². The molecule has 2 aliphatic rings. The molecule has 4 rings (SSSR count). The molecule has 0 amide bonds. The topological polar surface area (TPSA) is 107 Å². The third-order valence-electron chi connectivity index (χ3n) is 4.71. The summed E-state index contributed by atoms with van der Waals surface area (Å²) in [6.45, 7) is 6.46. The van der Waals surface area contributed by atoms with E-state index in [1.54, 1.807) is 0 Å². The minimum Gasteiger partial charge on any atom is -0.361 e. The van der Waals surface area contributed by atoms with Crippen molar-refractivity contribution in [1.82, 2.24) is 24.7 Å². The lowest BCUT2D eigenvalue weighted by atomic mass is 10.1. The average Bonchev–Trinajstić information content (AvgIpc) is 3.02. The molecule has 1 aromatic carbocycles. The van der Waals surface area contributed by atoms with Crippen LogP contribution in [0.1, 0.15) is 29.0 Å². The zero-order valence-corrected chi connectivity index (χ0v) is 15.4. The Labute approximate surface area is 154 Å². The molecule has 8 nitrogen and oxygen atoms in total. The number of aryl methyl sites for hydroxylation is 5. The van der Waals surface area contributed by atoms with Crippen LogP contribution in [0.15, 0.2) is 32.3 Å². The maximum absolute atomic E-state index is 12.3. The van der Waals surface area contributed by atoms with Crippen LogP contribution in [0.4, 0.5) is 0 Å². The average molecular weight is 365 g/mol. The second kappa shape index (κ2) is 6.46. The van der Waals surface area contributed by atoms with E-state index in [0.717, 1.165) is 34.5 Å². The molecule has 1 N–H and O–H groups in total. The number of nitrogens with one attached hydrogen (secondary N) is 1. The Hall–Kier alpha value is -3.29. The number of fused-ring (bicyclic) bond motifs is 2. The lowest BCUT2D eigenvalue weighted by Gasteiger charge is -2.17. The van der Waals surface area contributed by atoms with Crippen LogP contribution >= 0.6 is 0 Å². The van der Waals surface area contributed by atoms with Crippen molar-refractivity contribution in [1.29, 1.82) is 0 Å². The lowest BCUT2D eigenvalue weighted by Crippen LogP contribution is -2.29. The summed E-state index contributed by atoms with van der Waals surface area (Å²) >= 11 is 0. The van der Waals surface area contributed by atoms with Crippen molar-refractivity contribution >= 4 is 11.0 Å². The number of benzene rings is 1. The SMILES string of the molecule is Cc1cc(CCCn2c3nc(=O)[nH]c(=O)c-3nc3cc(C)c(C)cc32)on1. The highest BCUT2D eigenvalue weighted by atomic mass is 16.5. The van der Waals surface area contributed by atoms with E-state index in [9.17, 15) is 9.59 Å². The van der Waals surface area contributed by atoms with Gasteiger partial charge >= 0.3 is 5.69 Å². The van der Waals surface area contributed by atoms with Gasteiger partial charge in [-0.15, -0.1) is 0 Å². The third-order valence-corrected chi connectivity index (χ3v) is 4.71. The largest absolute Gasteiger partial charge is 0.361 e. The maximum atomic E-state index is 12.3. The van der Waals surface area contributed by atoms with Gasteiger partial charge in [0.05, 0.1) is 16.7 Å². The number of H-pyrrole nitrogens is 1. The first kappa shape index (κ1) is 17.1. The van der Waals surface area contributed by atoms with Crippen LogP contribution in [0.2, 0.25) is 0 Å². The number of aromatic amines is 1. The van der Waals surface area contributed by atoms with Gasteiger partial charge in [-0.1, -0.05) is 5.16 Å². The Morgan fingerprint density at radius 1 is 1.07 bits per heavy atom. The van der Waals surface area contributed by atoms with E-state index in [-0.39, 0.29) is 5.69 Å².